The maximum Gasteiger partial charge on any atom is 0.321 e. The van der Waals surface area contributed by atoms with Crippen LogP contribution < -0.4 is 22.1 Å². The van der Waals surface area contributed by atoms with E-state index < -0.39 is 66.6 Å². The van der Waals surface area contributed by atoms with Gasteiger partial charge in [0.25, 0.3) is 0 Å². The van der Waals surface area contributed by atoms with Gasteiger partial charge in [-0.2, -0.15) is 0 Å². The summed E-state index contributed by atoms with van der Waals surface area (Å²) < 4.78 is 0. The second-order valence-electron chi connectivity index (χ2n) is 7.01. The van der Waals surface area contributed by atoms with Crippen molar-refractivity contribution >= 4 is 24.1 Å². The van der Waals surface area contributed by atoms with Gasteiger partial charge in [0, 0.05) is 6.54 Å². The van der Waals surface area contributed by atoms with Crippen LogP contribution in [-0.4, -0.2) is 99.2 Å². The summed E-state index contributed by atoms with van der Waals surface area (Å²) in [6, 6.07) is 2.89. The number of ketones is 1. The molecule has 0 heterocycles. The SMILES string of the molecule is N[C@H](C(=O)O)C(C(=O)[C@@H](O)[C@H](O)[C@H](O)[C@H](CO)NC(=O)[C@@H](N)CNC=O)c1ccccc1. The third-order valence-electron chi connectivity index (χ3n) is 4.77. The summed E-state index contributed by atoms with van der Waals surface area (Å²) in [5.74, 6) is -5.18. The van der Waals surface area contributed by atoms with Crippen LogP contribution in [0.4, 0.5) is 0 Å². The van der Waals surface area contributed by atoms with E-state index in [4.69, 9.17) is 11.5 Å². The summed E-state index contributed by atoms with van der Waals surface area (Å²) in [6.45, 7) is -1.16. The molecule has 0 saturated carbocycles. The molecule has 7 atom stereocenters. The number of aliphatic hydroxyl groups excluding tert-OH is 4. The van der Waals surface area contributed by atoms with E-state index >= 15 is 0 Å². The Morgan fingerprint density at radius 2 is 1.62 bits per heavy atom. The molecular formula is C19H28N4O9. The largest absolute Gasteiger partial charge is 0.480 e. The minimum Gasteiger partial charge on any atom is -0.480 e. The lowest BCUT2D eigenvalue weighted by atomic mass is 9.83. The number of Topliss-reactive ketones (excluding diaryl/α,β-unsaturated/α-hetero) is 1. The van der Waals surface area contributed by atoms with Crippen LogP contribution in [0.3, 0.4) is 0 Å². The lowest BCUT2D eigenvalue weighted by Gasteiger charge is -2.31. The molecule has 11 N–H and O–H groups in total. The average molecular weight is 456 g/mol. The normalized spacial score (nSPS) is 17.7. The molecule has 13 nitrogen and oxygen atoms in total. The summed E-state index contributed by atoms with van der Waals surface area (Å²) in [5.41, 5.74) is 11.3. The number of rotatable bonds is 14. The smallest absolute Gasteiger partial charge is 0.321 e. The first kappa shape index (κ1) is 27.1. The average Bonchev–Trinajstić information content (AvgIpc) is 2.79. The summed E-state index contributed by atoms with van der Waals surface area (Å²) in [7, 11) is 0. The van der Waals surface area contributed by atoms with Crippen LogP contribution in [-0.2, 0) is 19.2 Å². The zero-order valence-electron chi connectivity index (χ0n) is 16.9. The van der Waals surface area contributed by atoms with Crippen LogP contribution in [0.1, 0.15) is 11.5 Å². The van der Waals surface area contributed by atoms with Gasteiger partial charge in [-0.3, -0.25) is 19.2 Å². The molecule has 1 unspecified atom stereocenters. The first-order chi connectivity index (χ1) is 15.1. The lowest BCUT2D eigenvalue weighted by molar-refractivity contribution is -0.148. The molecule has 0 bridgehead atoms. The van der Waals surface area contributed by atoms with E-state index in [-0.39, 0.29) is 12.1 Å². The molecule has 32 heavy (non-hydrogen) atoms. The Morgan fingerprint density at radius 1 is 1.03 bits per heavy atom. The number of amides is 2. The minimum atomic E-state index is -2.31. The second-order valence-corrected chi connectivity index (χ2v) is 7.01. The van der Waals surface area contributed by atoms with Crippen molar-refractivity contribution in [2.75, 3.05) is 13.2 Å². The maximum absolute atomic E-state index is 12.8. The van der Waals surface area contributed by atoms with Gasteiger partial charge in [-0.1, -0.05) is 30.3 Å². The second kappa shape index (κ2) is 12.8. The Bertz CT molecular complexity index is 779. The maximum atomic E-state index is 12.8. The van der Waals surface area contributed by atoms with Crippen molar-refractivity contribution in [3.05, 3.63) is 35.9 Å². The third-order valence-corrected chi connectivity index (χ3v) is 4.77. The van der Waals surface area contributed by atoms with Crippen molar-refractivity contribution in [1.29, 1.82) is 0 Å². The molecule has 1 rings (SSSR count). The fourth-order valence-electron chi connectivity index (χ4n) is 2.93. The van der Waals surface area contributed by atoms with Gasteiger partial charge in [-0.05, 0) is 5.56 Å². The highest BCUT2D eigenvalue weighted by Gasteiger charge is 2.42. The first-order valence-electron chi connectivity index (χ1n) is 9.51. The molecule has 0 aliphatic carbocycles. The standard InChI is InChI=1S/C19H28N4O9/c20-10(6-22-8-25)18(30)23-11(7-24)14(26)16(28)17(29)15(27)12(13(21)19(31)32)9-4-2-1-3-5-9/h1-5,8,10-14,16-17,24,26,28-29H,6-7,20-21H2,(H,22,25)(H,23,30)(H,31,32)/t10-,11-,12?,13-,14+,16+,17+/m0/s1. The van der Waals surface area contributed by atoms with Gasteiger partial charge in [-0.25, -0.2) is 0 Å². The fourth-order valence-corrected chi connectivity index (χ4v) is 2.93. The number of hydrogen-bond donors (Lipinski definition) is 9. The molecule has 2 amide bonds. The van der Waals surface area contributed by atoms with Gasteiger partial charge in [0.1, 0.15) is 30.4 Å². The van der Waals surface area contributed by atoms with Crippen LogP contribution in [0.5, 0.6) is 0 Å². The highest BCUT2D eigenvalue weighted by molar-refractivity contribution is 5.95. The molecule has 1 aromatic rings. The molecule has 178 valence electrons. The fraction of sp³-hybridized carbons (Fsp3) is 0.474. The van der Waals surface area contributed by atoms with Crippen LogP contribution >= 0.6 is 0 Å². The van der Waals surface area contributed by atoms with Gasteiger partial charge in [0.05, 0.1) is 18.6 Å². The number of hydrogen-bond acceptors (Lipinski definition) is 10. The number of nitrogens with two attached hydrogens (primary N) is 2. The molecule has 0 aromatic heterocycles. The Hall–Kier alpha value is -2.94. The highest BCUT2D eigenvalue weighted by atomic mass is 16.4. The number of aliphatic hydroxyl groups is 4. The van der Waals surface area contributed by atoms with Gasteiger partial charge >= 0.3 is 5.97 Å². The van der Waals surface area contributed by atoms with Crippen LogP contribution in [0.2, 0.25) is 0 Å². The van der Waals surface area contributed by atoms with Crippen molar-refractivity contribution in [3.8, 4) is 0 Å². The number of carbonyl (C=O) groups is 4. The first-order valence-corrected chi connectivity index (χ1v) is 9.51. The van der Waals surface area contributed by atoms with E-state index in [9.17, 15) is 44.7 Å². The predicted octanol–water partition coefficient (Wildman–Crippen LogP) is -4.62. The molecule has 0 radical (unpaired) electrons. The van der Waals surface area contributed by atoms with E-state index in [0.717, 1.165) is 0 Å². The number of nitrogens with one attached hydrogen (secondary N) is 2. The van der Waals surface area contributed by atoms with E-state index in [1.165, 1.54) is 24.3 Å². The minimum absolute atomic E-state index is 0.161. The summed E-state index contributed by atoms with van der Waals surface area (Å²) in [4.78, 5) is 46.5. The molecule has 0 aliphatic heterocycles. The zero-order chi connectivity index (χ0) is 24.4. The third kappa shape index (κ3) is 7.05. The van der Waals surface area contributed by atoms with Crippen molar-refractivity contribution in [2.24, 2.45) is 11.5 Å². The van der Waals surface area contributed by atoms with E-state index in [1.807, 2.05) is 0 Å². The van der Waals surface area contributed by atoms with E-state index in [1.54, 1.807) is 6.07 Å². The summed E-state index contributed by atoms with van der Waals surface area (Å²) in [5, 5.41) is 54.0. The van der Waals surface area contributed by atoms with Gasteiger partial charge in [0.15, 0.2) is 5.78 Å². The predicted molar refractivity (Wildman–Crippen MR) is 109 cm³/mol. The Labute approximate surface area is 183 Å². The monoisotopic (exact) mass is 456 g/mol. The molecule has 0 aliphatic rings. The van der Waals surface area contributed by atoms with Crippen LogP contribution in [0.25, 0.3) is 0 Å². The molecule has 13 heteroatoms. The lowest BCUT2D eigenvalue weighted by Crippen LogP contribution is -2.59. The molecule has 0 fully saturated rings. The topological polar surface area (TPSA) is 246 Å². The molecule has 0 spiro atoms. The quantitative estimate of drug-likeness (QED) is 0.120. The molecular weight excluding hydrogens is 428 g/mol. The number of aliphatic carboxylic acids is 1. The summed E-state index contributed by atoms with van der Waals surface area (Å²) >= 11 is 0. The van der Waals surface area contributed by atoms with Gasteiger partial charge < -0.3 is 47.6 Å². The van der Waals surface area contributed by atoms with E-state index in [0.29, 0.717) is 6.41 Å². The Balaban J connectivity index is 3.00. The van der Waals surface area contributed by atoms with Crippen molar-refractivity contribution in [2.45, 2.75) is 42.4 Å². The highest BCUT2D eigenvalue weighted by Crippen LogP contribution is 2.23. The zero-order valence-corrected chi connectivity index (χ0v) is 16.9. The molecule has 1 aromatic carbocycles. The number of carboxylic acids is 1. The number of carbonyl (C=O) groups excluding carboxylic acids is 3. The van der Waals surface area contributed by atoms with Gasteiger partial charge in [-0.15, -0.1) is 0 Å². The van der Waals surface area contributed by atoms with Gasteiger partial charge in [0.2, 0.25) is 12.3 Å². The van der Waals surface area contributed by atoms with Crippen molar-refractivity contribution in [3.63, 3.8) is 0 Å². The molecule has 0 saturated heterocycles. The number of benzene rings is 1. The van der Waals surface area contributed by atoms with E-state index in [2.05, 4.69) is 10.6 Å². The van der Waals surface area contributed by atoms with Crippen molar-refractivity contribution in [1.82, 2.24) is 10.6 Å². The Kier molecular flexibility index (Phi) is 10.8. The van der Waals surface area contributed by atoms with Crippen molar-refractivity contribution < 1.29 is 44.7 Å². The van der Waals surface area contributed by atoms with Crippen LogP contribution in [0, 0.1) is 0 Å². The number of carboxylic acid groups (broad SMARTS) is 1. The van der Waals surface area contributed by atoms with Crippen LogP contribution in [0.15, 0.2) is 30.3 Å². The summed E-state index contributed by atoms with van der Waals surface area (Å²) in [6.07, 6.45) is -6.28. The Morgan fingerprint density at radius 3 is 2.12 bits per heavy atom.